The van der Waals surface area contributed by atoms with Crippen molar-refractivity contribution >= 4 is 47.1 Å². The van der Waals surface area contributed by atoms with Gasteiger partial charge in [0.1, 0.15) is 0 Å². The molecule has 3 aliphatic carbocycles. The van der Waals surface area contributed by atoms with Crippen molar-refractivity contribution in [2.45, 2.75) is 39.3 Å². The Labute approximate surface area is 236 Å². The van der Waals surface area contributed by atoms with Gasteiger partial charge in [-0.3, -0.25) is 0 Å². The average molecular weight is 703 g/mol. The second kappa shape index (κ2) is 10.0. The van der Waals surface area contributed by atoms with Gasteiger partial charge < -0.3 is 0 Å². The van der Waals surface area contributed by atoms with E-state index in [0.717, 1.165) is 6.42 Å². The monoisotopic (exact) mass is 703 g/mol. The van der Waals surface area contributed by atoms with E-state index < -0.39 is 27.5 Å². The molecule has 0 nitrogen and oxygen atoms in total. The van der Waals surface area contributed by atoms with Crippen LogP contribution in [0.2, 0.25) is 13.1 Å². The molecule has 0 aliphatic heterocycles. The van der Waals surface area contributed by atoms with Crippen molar-refractivity contribution in [2.75, 3.05) is 0 Å². The van der Waals surface area contributed by atoms with Crippen LogP contribution >= 0.6 is 17.2 Å². The van der Waals surface area contributed by atoms with Crippen LogP contribution in [0.1, 0.15) is 36.5 Å². The molecule has 0 saturated heterocycles. The first-order chi connectivity index (χ1) is 17.9. The van der Waals surface area contributed by atoms with Gasteiger partial charge in [-0.2, -0.15) is 0 Å². The van der Waals surface area contributed by atoms with Gasteiger partial charge in [0.15, 0.2) is 0 Å². The normalized spacial score (nSPS) is 18.9. The van der Waals surface area contributed by atoms with Crippen LogP contribution in [0.25, 0.3) is 16.3 Å². The first kappa shape index (κ1) is 25.4. The predicted molar refractivity (Wildman–Crippen MR) is 161 cm³/mol. The minimum atomic E-state index is -2.97. The third-order valence-electron chi connectivity index (χ3n) is 8.01. The number of allylic oxidation sites excluding steroid dienone is 10. The molecule has 3 aromatic rings. The second-order valence-corrected chi connectivity index (χ2v) is 24.5. The fraction of sp³-hybridized carbons (Fsp3) is 0.182. The number of fused-ring (bicyclic) bond motifs is 4. The summed E-state index contributed by atoms with van der Waals surface area (Å²) in [5.74, 6) is 0.204. The molecule has 0 heterocycles. The van der Waals surface area contributed by atoms with E-state index in [2.05, 4.69) is 112 Å². The van der Waals surface area contributed by atoms with Crippen LogP contribution in [0.15, 0.2) is 116 Å². The molecule has 0 amide bonds. The topological polar surface area (TPSA) is 0 Å². The molecule has 0 N–H and O–H groups in total. The summed E-state index contributed by atoms with van der Waals surface area (Å²) in [4.78, 5) is 0. The molecule has 0 fully saturated rings. The maximum absolute atomic E-state index is 6.96. The van der Waals surface area contributed by atoms with E-state index >= 15 is 0 Å². The Hall–Kier alpha value is -1.84. The number of benzene rings is 3. The van der Waals surface area contributed by atoms with E-state index in [1.54, 1.807) is 0 Å². The minimum absolute atomic E-state index is 0.204. The summed E-state index contributed by atoms with van der Waals surface area (Å²) < 4.78 is 1.26. The van der Waals surface area contributed by atoms with Crippen LogP contribution in [0.4, 0.5) is 0 Å². The van der Waals surface area contributed by atoms with E-state index in [4.69, 9.17) is 17.2 Å². The quantitative estimate of drug-likeness (QED) is 0.239. The zero-order valence-corrected chi connectivity index (χ0v) is 27.7. The molecule has 0 radical (unpaired) electrons. The number of rotatable bonds is 3. The van der Waals surface area contributed by atoms with Gasteiger partial charge in [-0.05, 0) is 0 Å². The molecule has 37 heavy (non-hydrogen) atoms. The van der Waals surface area contributed by atoms with Crippen molar-refractivity contribution in [3.63, 3.8) is 0 Å². The SMILES string of the molecule is CC1=C(C2=C3C(=CC=CC(=[Si](C)C)C3c3ccccc3)[C]([Hf]([Cl])[Cl])=C2C)c2c(ccc3ccccc23)C1. The number of halogens is 2. The summed E-state index contributed by atoms with van der Waals surface area (Å²) in [5.41, 5.74) is 12.4. The van der Waals surface area contributed by atoms with Crippen LogP contribution in [0, 0.1) is 0 Å². The molecule has 6 rings (SSSR count). The van der Waals surface area contributed by atoms with Crippen LogP contribution < -0.4 is 0 Å². The fourth-order valence-electron chi connectivity index (χ4n) is 6.47. The Balaban J connectivity index is 1.74. The van der Waals surface area contributed by atoms with Crippen molar-refractivity contribution in [2.24, 2.45) is 0 Å². The summed E-state index contributed by atoms with van der Waals surface area (Å²) >= 11 is -2.97. The van der Waals surface area contributed by atoms with Crippen LogP contribution in [0.3, 0.4) is 0 Å². The Kier molecular flexibility index (Phi) is 6.90. The second-order valence-electron chi connectivity index (χ2n) is 10.4. The average Bonchev–Trinajstić information content (AvgIpc) is 3.28. The van der Waals surface area contributed by atoms with E-state index in [-0.39, 0.29) is 5.92 Å². The molecule has 0 spiro atoms. The Morgan fingerprint density at radius 1 is 0.865 bits per heavy atom. The van der Waals surface area contributed by atoms with Crippen LogP contribution in [0.5, 0.6) is 0 Å². The van der Waals surface area contributed by atoms with Crippen molar-refractivity contribution < 1.29 is 19.1 Å². The number of hydrogen-bond donors (Lipinski definition) is 0. The fourth-order valence-corrected chi connectivity index (χ4v) is 14.8. The standard InChI is InChI=1S/C33H29Si.2ClH.Hf/c1-21-20-26-18-17-23-11-8-9-15-27(23)31(26)29(21)30-22(2)19-25-14-10-16-28(34(3)4)32(33(25)30)24-12-6-5-7-13-24;;;/h5-18,32H,20H2,1-4H3;2*1H;/q;;;+2/p-2. The van der Waals surface area contributed by atoms with Gasteiger partial charge in [-0.1, -0.05) is 0 Å². The first-order valence-corrected chi connectivity index (χ1v) is 26.0. The summed E-state index contributed by atoms with van der Waals surface area (Å²) in [5, 5.41) is 4.17. The molecule has 0 saturated carbocycles. The maximum atomic E-state index is 6.96. The molecular formula is C33H29Cl2HfSi. The van der Waals surface area contributed by atoms with Gasteiger partial charge in [0.25, 0.3) is 0 Å². The third-order valence-corrected chi connectivity index (χ3v) is 16.4. The number of hydrogen-bond acceptors (Lipinski definition) is 0. The molecule has 3 aromatic carbocycles. The Morgan fingerprint density at radius 3 is 2.32 bits per heavy atom. The van der Waals surface area contributed by atoms with E-state index in [1.165, 1.54) is 69.4 Å². The zero-order chi connectivity index (χ0) is 25.8. The summed E-state index contributed by atoms with van der Waals surface area (Å²) in [7, 11) is 13.2. The van der Waals surface area contributed by atoms with E-state index in [9.17, 15) is 0 Å². The van der Waals surface area contributed by atoms with E-state index in [1.807, 2.05) is 0 Å². The van der Waals surface area contributed by atoms with Crippen molar-refractivity contribution in [1.82, 2.24) is 0 Å². The first-order valence-electron chi connectivity index (χ1n) is 12.8. The summed E-state index contributed by atoms with van der Waals surface area (Å²) in [6, 6.07) is 24.5. The zero-order valence-electron chi connectivity index (χ0n) is 21.6. The van der Waals surface area contributed by atoms with Crippen LogP contribution in [-0.4, -0.2) is 13.6 Å². The van der Waals surface area contributed by atoms with Crippen molar-refractivity contribution in [3.8, 4) is 0 Å². The molecule has 183 valence electrons. The molecular weight excluding hydrogens is 674 g/mol. The Bertz CT molecular complexity index is 1640. The third kappa shape index (κ3) is 4.16. The van der Waals surface area contributed by atoms with Gasteiger partial charge in [0.2, 0.25) is 0 Å². The molecule has 3 aliphatic rings. The Morgan fingerprint density at radius 2 is 1.59 bits per heavy atom. The molecule has 0 aromatic heterocycles. The molecule has 1 unspecified atom stereocenters. The molecule has 1 atom stereocenters. The van der Waals surface area contributed by atoms with Crippen molar-refractivity contribution in [3.05, 3.63) is 133 Å². The summed E-state index contributed by atoms with van der Waals surface area (Å²) in [6.45, 7) is 9.42. The van der Waals surface area contributed by atoms with Gasteiger partial charge in [-0.25, -0.2) is 0 Å². The van der Waals surface area contributed by atoms with E-state index in [0.29, 0.717) is 0 Å². The van der Waals surface area contributed by atoms with Gasteiger partial charge in [0, 0.05) is 0 Å². The van der Waals surface area contributed by atoms with Gasteiger partial charge in [0.05, 0.1) is 0 Å². The van der Waals surface area contributed by atoms with Crippen LogP contribution in [-0.2, 0) is 25.5 Å². The summed E-state index contributed by atoms with van der Waals surface area (Å²) in [6.07, 6.45) is 7.92. The van der Waals surface area contributed by atoms with Gasteiger partial charge in [-0.15, -0.1) is 0 Å². The molecule has 0 bridgehead atoms. The predicted octanol–water partition coefficient (Wildman–Crippen LogP) is 9.47. The van der Waals surface area contributed by atoms with Gasteiger partial charge >= 0.3 is 238 Å². The molecule has 4 heteroatoms. The van der Waals surface area contributed by atoms with Crippen molar-refractivity contribution in [1.29, 1.82) is 0 Å².